The zero-order valence-electron chi connectivity index (χ0n) is 25.6. The van der Waals surface area contributed by atoms with Crippen molar-refractivity contribution in [1.29, 1.82) is 0 Å². The van der Waals surface area contributed by atoms with Crippen molar-refractivity contribution in [3.05, 3.63) is 0 Å². The highest BCUT2D eigenvalue weighted by Crippen LogP contribution is 2.38. The van der Waals surface area contributed by atoms with Crippen LogP contribution in [-0.4, -0.2) is 174 Å². The highest BCUT2D eigenvalue weighted by Gasteiger charge is 2.61. The molecule has 3 rings (SSSR count). The predicted molar refractivity (Wildman–Crippen MR) is 149 cm³/mol. The number of hydrogen-bond donors (Lipinski definition) is 11. The second-order valence-electron chi connectivity index (χ2n) is 11.8. The third kappa shape index (κ3) is 9.08. The van der Waals surface area contributed by atoms with Crippen molar-refractivity contribution in [2.24, 2.45) is 0 Å². The summed E-state index contributed by atoms with van der Waals surface area (Å²) in [6, 6.07) is 0. The van der Waals surface area contributed by atoms with Crippen LogP contribution in [-0.2, 0) is 33.2 Å². The average molecular weight is 675 g/mol. The van der Waals surface area contributed by atoms with E-state index in [4.69, 9.17) is 28.4 Å². The summed E-state index contributed by atoms with van der Waals surface area (Å²) < 4.78 is 32.6. The Bertz CT molecular complexity index is 908. The van der Waals surface area contributed by atoms with Crippen molar-refractivity contribution in [2.45, 2.75) is 150 Å². The minimum atomic E-state index is -2.98. The lowest BCUT2D eigenvalue weighted by Crippen LogP contribution is -2.71. The van der Waals surface area contributed by atoms with Crippen molar-refractivity contribution < 1.29 is 89.4 Å². The molecule has 3 aliphatic heterocycles. The van der Waals surface area contributed by atoms with E-state index in [1.165, 1.54) is 0 Å². The van der Waals surface area contributed by atoms with Crippen LogP contribution < -0.4 is 0 Å². The van der Waals surface area contributed by atoms with Crippen LogP contribution in [0, 0.1) is 0 Å². The molecule has 3 saturated heterocycles. The Balaban J connectivity index is 1.79. The number of aliphatic hydroxyl groups excluding tert-OH is 11. The van der Waals surface area contributed by atoms with Crippen molar-refractivity contribution in [3.63, 3.8) is 0 Å². The van der Waals surface area contributed by atoms with Crippen LogP contribution in [0.4, 0.5) is 0 Å². The van der Waals surface area contributed by atoms with Gasteiger partial charge in [-0.1, -0.05) is 45.4 Å². The van der Waals surface area contributed by atoms with E-state index in [0.29, 0.717) is 12.8 Å². The number of aliphatic hydroxyl groups is 11. The van der Waals surface area contributed by atoms with E-state index in [-0.39, 0.29) is 6.42 Å². The Morgan fingerprint density at radius 1 is 0.652 bits per heavy atom. The van der Waals surface area contributed by atoms with E-state index in [1.54, 1.807) is 0 Å². The molecule has 11 N–H and O–H groups in total. The van der Waals surface area contributed by atoms with Gasteiger partial charge in [-0.2, -0.15) is 0 Å². The van der Waals surface area contributed by atoms with Gasteiger partial charge in [-0.25, -0.2) is 0 Å². The minimum Gasteiger partial charge on any atom is -0.405 e. The Labute approximate surface area is 265 Å². The van der Waals surface area contributed by atoms with Gasteiger partial charge in [0.25, 0.3) is 0 Å². The second-order valence-corrected chi connectivity index (χ2v) is 11.8. The van der Waals surface area contributed by atoms with Gasteiger partial charge >= 0.3 is 11.9 Å². The number of carbonyl (C=O) groups is 1. The Hall–Kier alpha value is -1.17. The summed E-state index contributed by atoms with van der Waals surface area (Å²) in [4.78, 5) is 12.9. The van der Waals surface area contributed by atoms with Crippen LogP contribution in [0.2, 0.25) is 0 Å². The van der Waals surface area contributed by atoms with Crippen LogP contribution in [0.5, 0.6) is 0 Å². The SMILES string of the molecule is CCCCCCCCCC(=O)OC1(O[C@H]2[C@H](O)[C@@H](O)C(O[C@H]3[C@H](O)[C@@H](O)[C@@H](O)O[C@@H]3CO)O[C@@H]2CO)O[C@H](CO)[C@@H](O)[C@H](O)[C@H]1O. The lowest BCUT2D eigenvalue weighted by atomic mass is 9.95. The molecule has 0 aromatic carbocycles. The normalized spacial score (nSPS) is 43.4. The molecule has 270 valence electrons. The molecular formula is C28H50O18. The second kappa shape index (κ2) is 18.0. The smallest absolute Gasteiger partial charge is 0.360 e. The number of carbonyl (C=O) groups excluding carboxylic acids is 1. The standard InChI is InChI=1S/C28H50O18/c1-2-3-4-5-6-7-8-9-16(32)45-28(25(39)20(36)17(33)13(10-29)44-28)46-24-15(12-31)42-27(22(38)19(24)35)43-23-14(11-30)41-26(40)21(37)18(23)34/h13-15,17-27,29-31,33-40H,2-12H2,1H3/t13-,14-,15-,17-,18-,19-,20+,21-,22-,23-,24-,25-,26+,27?,28?/m1/s1. The third-order valence-corrected chi connectivity index (χ3v) is 8.40. The van der Waals surface area contributed by atoms with E-state index in [0.717, 1.165) is 32.1 Å². The molecule has 3 aliphatic rings. The number of unbranched alkanes of at least 4 members (excludes halogenated alkanes) is 6. The highest BCUT2D eigenvalue weighted by atomic mass is 16.9. The maximum atomic E-state index is 12.9. The number of rotatable bonds is 16. The molecule has 18 nitrogen and oxygen atoms in total. The zero-order chi connectivity index (χ0) is 34.2. The molecule has 0 aliphatic carbocycles. The quantitative estimate of drug-likeness (QED) is 0.0417. The molecule has 3 fully saturated rings. The van der Waals surface area contributed by atoms with Gasteiger partial charge in [0, 0.05) is 6.42 Å². The molecule has 0 saturated carbocycles. The molecule has 0 spiro atoms. The van der Waals surface area contributed by atoms with Crippen molar-refractivity contribution >= 4 is 5.97 Å². The molecule has 3 heterocycles. The zero-order valence-corrected chi connectivity index (χ0v) is 25.6. The molecule has 0 aromatic rings. The first-order valence-electron chi connectivity index (χ1n) is 15.7. The molecule has 2 unspecified atom stereocenters. The first-order chi connectivity index (χ1) is 21.8. The van der Waals surface area contributed by atoms with E-state index in [1.807, 2.05) is 0 Å². The Morgan fingerprint density at radius 2 is 1.22 bits per heavy atom. The van der Waals surface area contributed by atoms with Gasteiger partial charge in [-0.05, 0) is 6.42 Å². The molecule has 0 aromatic heterocycles. The van der Waals surface area contributed by atoms with E-state index < -0.39 is 118 Å². The third-order valence-electron chi connectivity index (χ3n) is 8.40. The fourth-order valence-electron chi connectivity index (χ4n) is 5.64. The van der Waals surface area contributed by atoms with Crippen molar-refractivity contribution in [3.8, 4) is 0 Å². The molecule has 15 atom stereocenters. The molecule has 0 amide bonds. The van der Waals surface area contributed by atoms with Gasteiger partial charge in [-0.3, -0.25) is 4.79 Å². The molecule has 0 bridgehead atoms. The number of hydrogen-bond acceptors (Lipinski definition) is 18. The molecular weight excluding hydrogens is 624 g/mol. The molecule has 0 radical (unpaired) electrons. The number of esters is 1. The topological polar surface area (TPSA) is 295 Å². The van der Waals surface area contributed by atoms with Crippen LogP contribution >= 0.6 is 0 Å². The van der Waals surface area contributed by atoms with Gasteiger partial charge < -0.3 is 84.6 Å². The number of ether oxygens (including phenoxy) is 6. The summed E-state index contributed by atoms with van der Waals surface area (Å²) in [6.07, 6.45) is -20.2. The fraction of sp³-hybridized carbons (Fsp3) is 0.964. The summed E-state index contributed by atoms with van der Waals surface area (Å²) in [5.74, 6) is -3.95. The maximum Gasteiger partial charge on any atom is 0.360 e. The van der Waals surface area contributed by atoms with Gasteiger partial charge in [0.05, 0.1) is 19.8 Å². The summed E-state index contributed by atoms with van der Waals surface area (Å²) in [5, 5.41) is 113. The van der Waals surface area contributed by atoms with Crippen LogP contribution in [0.15, 0.2) is 0 Å². The first-order valence-corrected chi connectivity index (χ1v) is 15.7. The van der Waals surface area contributed by atoms with E-state index in [9.17, 15) is 61.0 Å². The summed E-state index contributed by atoms with van der Waals surface area (Å²) >= 11 is 0. The van der Waals surface area contributed by atoms with Crippen LogP contribution in [0.25, 0.3) is 0 Å². The Kier molecular flexibility index (Phi) is 15.4. The van der Waals surface area contributed by atoms with E-state index in [2.05, 4.69) is 6.92 Å². The van der Waals surface area contributed by atoms with Gasteiger partial charge in [-0.15, -0.1) is 0 Å². The predicted octanol–water partition coefficient (Wildman–Crippen LogP) is -4.56. The molecule has 18 heteroatoms. The van der Waals surface area contributed by atoms with Crippen LogP contribution in [0.1, 0.15) is 58.3 Å². The summed E-state index contributed by atoms with van der Waals surface area (Å²) in [7, 11) is 0. The monoisotopic (exact) mass is 674 g/mol. The average Bonchev–Trinajstić information content (AvgIpc) is 3.04. The highest BCUT2D eigenvalue weighted by molar-refractivity contribution is 5.69. The largest absolute Gasteiger partial charge is 0.405 e. The minimum absolute atomic E-state index is 0.179. The van der Waals surface area contributed by atoms with Gasteiger partial charge in [0.15, 0.2) is 18.7 Å². The van der Waals surface area contributed by atoms with Crippen molar-refractivity contribution in [2.75, 3.05) is 19.8 Å². The van der Waals surface area contributed by atoms with Crippen molar-refractivity contribution in [1.82, 2.24) is 0 Å². The van der Waals surface area contributed by atoms with Crippen LogP contribution in [0.3, 0.4) is 0 Å². The van der Waals surface area contributed by atoms with Gasteiger partial charge in [0.2, 0.25) is 0 Å². The maximum absolute atomic E-state index is 12.9. The lowest BCUT2D eigenvalue weighted by molar-refractivity contribution is -0.473. The Morgan fingerprint density at radius 3 is 1.83 bits per heavy atom. The summed E-state index contributed by atoms with van der Waals surface area (Å²) in [6.45, 7) is -0.621. The summed E-state index contributed by atoms with van der Waals surface area (Å²) in [5.41, 5.74) is 0. The first kappa shape index (κ1) is 39.3. The molecule has 46 heavy (non-hydrogen) atoms. The lowest BCUT2D eigenvalue weighted by Gasteiger charge is -2.51. The van der Waals surface area contributed by atoms with Gasteiger partial charge in [0.1, 0.15) is 67.1 Å². The van der Waals surface area contributed by atoms with E-state index >= 15 is 0 Å². The fourth-order valence-corrected chi connectivity index (χ4v) is 5.64.